The molecule has 2 aliphatic rings. The molecule has 4 heterocycles. The number of ether oxygens (including phenoxy) is 2. The third-order valence-electron chi connectivity index (χ3n) is 9.37. The lowest BCUT2D eigenvalue weighted by Gasteiger charge is -2.44. The fraction of sp³-hybridized carbons (Fsp3) is 0.457. The van der Waals surface area contributed by atoms with E-state index in [1.807, 2.05) is 0 Å². The van der Waals surface area contributed by atoms with Gasteiger partial charge in [-0.25, -0.2) is 8.78 Å². The van der Waals surface area contributed by atoms with E-state index in [1.165, 1.54) is 6.07 Å². The molecule has 0 bridgehead atoms. The normalized spacial score (nSPS) is 22.8. The smallest absolute Gasteiger partial charge is 0.319 e. The van der Waals surface area contributed by atoms with Gasteiger partial charge in [0.25, 0.3) is 0 Å². The molecule has 8 nitrogen and oxygen atoms in total. The van der Waals surface area contributed by atoms with Crippen LogP contribution in [-0.4, -0.2) is 72.9 Å². The number of nitrogen functional groups attached to an aromatic ring is 1. The maximum atomic E-state index is 16.8. The van der Waals surface area contributed by atoms with Gasteiger partial charge in [0.2, 0.25) is 0 Å². The van der Waals surface area contributed by atoms with Crippen LogP contribution in [0.3, 0.4) is 0 Å². The highest BCUT2D eigenvalue weighted by Crippen LogP contribution is 2.40. The second-order valence-electron chi connectivity index (χ2n) is 12.9. The molecule has 3 atom stereocenters. The van der Waals surface area contributed by atoms with Crippen molar-refractivity contribution in [3.8, 4) is 29.6 Å². The van der Waals surface area contributed by atoms with E-state index < -0.39 is 11.6 Å². The summed E-state index contributed by atoms with van der Waals surface area (Å²) in [4.78, 5) is 18.5. The number of aromatic nitrogens is 3. The Morgan fingerprint density at radius 1 is 1.22 bits per heavy atom. The second kappa shape index (κ2) is 12.4. The van der Waals surface area contributed by atoms with E-state index in [-0.39, 0.29) is 34.1 Å². The van der Waals surface area contributed by atoms with Crippen LogP contribution in [0.5, 0.6) is 6.01 Å². The minimum atomic E-state index is -0.686. The average molecular weight is 615 g/mol. The van der Waals surface area contributed by atoms with Gasteiger partial charge in [0, 0.05) is 47.9 Å². The first-order chi connectivity index (χ1) is 21.6. The van der Waals surface area contributed by atoms with Crippen LogP contribution in [0, 0.1) is 41.2 Å². The third kappa shape index (κ3) is 5.87. The molecule has 0 saturated carbocycles. The molecule has 2 unspecified atom stereocenters. The van der Waals surface area contributed by atoms with Crippen molar-refractivity contribution >= 4 is 33.2 Å². The van der Waals surface area contributed by atoms with Crippen molar-refractivity contribution in [3.63, 3.8) is 0 Å². The number of nitrogens with two attached hydrogens (primary N) is 1. The van der Waals surface area contributed by atoms with Crippen LogP contribution in [0.1, 0.15) is 39.2 Å². The topological polar surface area (TPSA) is 89.6 Å². The number of hydrogen-bond donors (Lipinski definition) is 1. The maximum absolute atomic E-state index is 16.8. The number of likely N-dealkylation sites (tertiary alicyclic amines) is 1. The Labute approximate surface area is 262 Å². The number of fused-ring (bicyclic) bond motifs is 2. The summed E-state index contributed by atoms with van der Waals surface area (Å²) in [5.41, 5.74) is 6.81. The van der Waals surface area contributed by atoms with E-state index in [9.17, 15) is 4.39 Å². The zero-order chi connectivity index (χ0) is 31.9. The lowest BCUT2D eigenvalue weighted by molar-refractivity contribution is 0.00927. The van der Waals surface area contributed by atoms with Crippen molar-refractivity contribution in [3.05, 3.63) is 47.7 Å². The second-order valence-corrected chi connectivity index (χ2v) is 12.9. The molecular formula is C35H40F2N6O2. The Morgan fingerprint density at radius 3 is 2.82 bits per heavy atom. The van der Waals surface area contributed by atoms with Crippen molar-refractivity contribution < 1.29 is 18.3 Å². The molecule has 4 aromatic rings. The van der Waals surface area contributed by atoms with E-state index in [0.717, 1.165) is 25.9 Å². The number of nitrogens with zero attached hydrogens (tertiary/aromatic N) is 5. The number of rotatable bonds is 6. The number of halogens is 2. The number of anilines is 2. The summed E-state index contributed by atoms with van der Waals surface area (Å²) in [5, 5.41) is 1.40. The molecule has 2 fully saturated rings. The molecule has 236 valence electrons. The van der Waals surface area contributed by atoms with Gasteiger partial charge in [-0.15, -0.1) is 6.42 Å². The number of piperidine rings is 1. The zero-order valence-electron chi connectivity index (χ0n) is 26.4. The number of benzene rings is 2. The molecule has 10 heteroatoms. The van der Waals surface area contributed by atoms with Gasteiger partial charge >= 0.3 is 6.01 Å². The SMILES string of the molecule is C#Cc1c(F)ccc2cc(N)cc(-c3ncc4c(N5CCOCC(C)C5)nc(OC[C@]5(C)CN(C)CCC5CC)nc4c3F)c12. The van der Waals surface area contributed by atoms with E-state index in [4.69, 9.17) is 26.6 Å². The Balaban J connectivity index is 1.51. The first kappa shape index (κ1) is 30.9. The number of terminal acetylenes is 1. The lowest BCUT2D eigenvalue weighted by Crippen LogP contribution is -2.48. The molecular weight excluding hydrogens is 574 g/mol. The summed E-state index contributed by atoms with van der Waals surface area (Å²) < 4.78 is 43.8. The van der Waals surface area contributed by atoms with Gasteiger partial charge in [-0.05, 0) is 55.4 Å². The van der Waals surface area contributed by atoms with E-state index in [1.54, 1.807) is 24.4 Å². The van der Waals surface area contributed by atoms with Crippen LogP contribution >= 0.6 is 0 Å². The predicted octanol–water partition coefficient (Wildman–Crippen LogP) is 5.91. The van der Waals surface area contributed by atoms with Crippen molar-refractivity contribution in [2.24, 2.45) is 17.3 Å². The van der Waals surface area contributed by atoms with Crippen molar-refractivity contribution in [1.29, 1.82) is 0 Å². The summed E-state index contributed by atoms with van der Waals surface area (Å²) >= 11 is 0. The van der Waals surface area contributed by atoms with Gasteiger partial charge in [0.05, 0.1) is 30.8 Å². The van der Waals surface area contributed by atoms with Gasteiger partial charge in [0.1, 0.15) is 22.8 Å². The first-order valence-electron chi connectivity index (χ1n) is 15.6. The molecule has 0 aliphatic carbocycles. The molecule has 2 saturated heterocycles. The highest BCUT2D eigenvalue weighted by Gasteiger charge is 2.39. The molecule has 6 rings (SSSR count). The Kier molecular flexibility index (Phi) is 8.51. The highest BCUT2D eigenvalue weighted by molar-refractivity contribution is 6.03. The molecule has 0 spiro atoms. The maximum Gasteiger partial charge on any atom is 0.319 e. The van der Waals surface area contributed by atoms with Gasteiger partial charge in [0.15, 0.2) is 5.82 Å². The molecule has 2 aromatic carbocycles. The fourth-order valence-corrected chi connectivity index (χ4v) is 7.12. The minimum Gasteiger partial charge on any atom is -0.463 e. The van der Waals surface area contributed by atoms with Gasteiger partial charge in [-0.1, -0.05) is 39.2 Å². The van der Waals surface area contributed by atoms with Crippen LogP contribution in [0.25, 0.3) is 32.9 Å². The Hall–Kier alpha value is -4.07. The first-order valence-corrected chi connectivity index (χ1v) is 15.6. The Morgan fingerprint density at radius 2 is 2.04 bits per heavy atom. The van der Waals surface area contributed by atoms with E-state index >= 15 is 4.39 Å². The number of hydrogen-bond acceptors (Lipinski definition) is 8. The van der Waals surface area contributed by atoms with Crippen LogP contribution in [0.4, 0.5) is 20.3 Å². The summed E-state index contributed by atoms with van der Waals surface area (Å²) in [5.74, 6) is 2.41. The highest BCUT2D eigenvalue weighted by atomic mass is 19.1. The summed E-state index contributed by atoms with van der Waals surface area (Å²) in [6.45, 7) is 11.3. The molecule has 45 heavy (non-hydrogen) atoms. The van der Waals surface area contributed by atoms with E-state index in [2.05, 4.69) is 53.5 Å². The predicted molar refractivity (Wildman–Crippen MR) is 174 cm³/mol. The molecule has 2 aliphatic heterocycles. The quantitative estimate of drug-likeness (QED) is 0.212. The van der Waals surface area contributed by atoms with Crippen molar-refractivity contribution in [2.75, 3.05) is 63.7 Å². The van der Waals surface area contributed by atoms with Crippen LogP contribution in [0.2, 0.25) is 0 Å². The van der Waals surface area contributed by atoms with Gasteiger partial charge in [-0.3, -0.25) is 4.98 Å². The average Bonchev–Trinajstić information content (AvgIpc) is 3.24. The van der Waals surface area contributed by atoms with Crippen LogP contribution in [-0.2, 0) is 4.74 Å². The third-order valence-corrected chi connectivity index (χ3v) is 9.37. The van der Waals surface area contributed by atoms with Crippen LogP contribution in [0.15, 0.2) is 30.5 Å². The number of pyridine rings is 1. The van der Waals surface area contributed by atoms with Gasteiger partial charge in [-0.2, -0.15) is 9.97 Å². The monoisotopic (exact) mass is 614 g/mol. The molecule has 0 radical (unpaired) electrons. The summed E-state index contributed by atoms with van der Waals surface area (Å²) in [6.07, 6.45) is 9.41. The van der Waals surface area contributed by atoms with Crippen molar-refractivity contribution in [2.45, 2.75) is 33.6 Å². The fourth-order valence-electron chi connectivity index (χ4n) is 7.12. The standard InChI is InChI=1S/C35H40F2N6O2/c1-6-23-10-11-42(5)19-35(23,4)20-45-34-40-32-27(33(41-34)43-12-13-44-18-21(3)17-43)16-39-31(30(32)37)26-15-24(38)14-22-8-9-28(36)25(7-2)29(22)26/h2,8-9,14-16,21,23H,6,10-13,17-20,38H2,1,3-5H3/t21?,23?,35-/m0/s1. The lowest BCUT2D eigenvalue weighted by atomic mass is 9.72. The van der Waals surface area contributed by atoms with Gasteiger partial charge < -0.3 is 25.0 Å². The van der Waals surface area contributed by atoms with E-state index in [0.29, 0.717) is 72.1 Å². The van der Waals surface area contributed by atoms with Crippen LogP contribution < -0.4 is 15.4 Å². The zero-order valence-corrected chi connectivity index (χ0v) is 26.4. The molecule has 2 N–H and O–H groups in total. The molecule has 0 amide bonds. The minimum absolute atomic E-state index is 0.0194. The summed E-state index contributed by atoms with van der Waals surface area (Å²) in [6, 6.07) is 6.21. The summed E-state index contributed by atoms with van der Waals surface area (Å²) in [7, 11) is 2.12. The largest absolute Gasteiger partial charge is 0.463 e. The Bertz CT molecular complexity index is 1790. The van der Waals surface area contributed by atoms with Crippen molar-refractivity contribution in [1.82, 2.24) is 19.9 Å². The molecule has 2 aromatic heterocycles.